The number of para-hydroxylation sites is 1. The van der Waals surface area contributed by atoms with Crippen LogP contribution in [0.1, 0.15) is 15.9 Å². The van der Waals surface area contributed by atoms with Gasteiger partial charge in [0.2, 0.25) is 0 Å². The van der Waals surface area contributed by atoms with Crippen molar-refractivity contribution in [2.45, 2.75) is 6.42 Å². The maximum Gasteiger partial charge on any atom is 0.340 e. The monoisotopic (exact) mass is 285 g/mol. The van der Waals surface area contributed by atoms with Gasteiger partial charge in [-0.3, -0.25) is 4.98 Å². The normalized spacial score (nSPS) is 10.1. The van der Waals surface area contributed by atoms with Gasteiger partial charge >= 0.3 is 5.97 Å². The molecular weight excluding hydrogens is 266 g/mol. The molecule has 0 atom stereocenters. The van der Waals surface area contributed by atoms with Gasteiger partial charge in [0.25, 0.3) is 0 Å². The highest BCUT2D eigenvalue weighted by atomic mass is 16.5. The third-order valence-electron chi connectivity index (χ3n) is 2.98. The number of anilines is 1. The van der Waals surface area contributed by atoms with Gasteiger partial charge < -0.3 is 15.8 Å². The number of nitrogens with zero attached hydrogens (tertiary/aromatic N) is 1. The Morgan fingerprint density at radius 2 is 1.95 bits per heavy atom. The number of rotatable bonds is 7. The zero-order valence-electron chi connectivity index (χ0n) is 11.8. The molecule has 5 heteroatoms. The minimum Gasteiger partial charge on any atom is -0.461 e. The maximum absolute atomic E-state index is 11.9. The SMILES string of the molecule is NCCOC(=O)c1ccccc1NCCc1ccncc1. The zero-order valence-corrected chi connectivity index (χ0v) is 11.8. The van der Waals surface area contributed by atoms with Crippen molar-refractivity contribution in [2.24, 2.45) is 5.73 Å². The van der Waals surface area contributed by atoms with E-state index in [1.165, 1.54) is 5.56 Å². The number of benzene rings is 1. The number of hydrogen-bond donors (Lipinski definition) is 2. The van der Waals surface area contributed by atoms with Crippen LogP contribution in [0, 0.1) is 0 Å². The van der Waals surface area contributed by atoms with Crippen LogP contribution in [0.5, 0.6) is 0 Å². The van der Waals surface area contributed by atoms with Gasteiger partial charge in [0.15, 0.2) is 0 Å². The molecule has 3 N–H and O–H groups in total. The van der Waals surface area contributed by atoms with E-state index in [9.17, 15) is 4.79 Å². The first-order chi connectivity index (χ1) is 10.3. The lowest BCUT2D eigenvalue weighted by Gasteiger charge is -2.11. The van der Waals surface area contributed by atoms with Gasteiger partial charge in [-0.05, 0) is 36.2 Å². The first-order valence-corrected chi connectivity index (χ1v) is 6.90. The van der Waals surface area contributed by atoms with Crippen molar-refractivity contribution in [3.63, 3.8) is 0 Å². The van der Waals surface area contributed by atoms with Crippen LogP contribution in [0.25, 0.3) is 0 Å². The molecule has 0 spiro atoms. The van der Waals surface area contributed by atoms with Crippen molar-refractivity contribution in [3.05, 3.63) is 59.9 Å². The second-order valence-corrected chi connectivity index (χ2v) is 4.50. The highest BCUT2D eigenvalue weighted by Gasteiger charge is 2.11. The van der Waals surface area contributed by atoms with E-state index in [1.807, 2.05) is 30.3 Å². The van der Waals surface area contributed by atoms with E-state index in [4.69, 9.17) is 10.5 Å². The Labute approximate surface area is 124 Å². The topological polar surface area (TPSA) is 77.2 Å². The van der Waals surface area contributed by atoms with Gasteiger partial charge in [-0.15, -0.1) is 0 Å². The lowest BCUT2D eigenvalue weighted by molar-refractivity contribution is 0.0518. The Kier molecular flexibility index (Phi) is 5.72. The second kappa shape index (κ2) is 8.01. The standard InChI is InChI=1S/C16H19N3O2/c17-8-12-21-16(20)14-3-1-2-4-15(14)19-11-7-13-5-9-18-10-6-13/h1-6,9-10,19H,7-8,11-12,17H2. The van der Waals surface area contributed by atoms with E-state index in [2.05, 4.69) is 10.3 Å². The first kappa shape index (κ1) is 15.0. The molecule has 2 aromatic rings. The zero-order chi connectivity index (χ0) is 14.9. The molecule has 0 unspecified atom stereocenters. The van der Waals surface area contributed by atoms with E-state index >= 15 is 0 Å². The maximum atomic E-state index is 11.9. The molecule has 1 heterocycles. The Hall–Kier alpha value is -2.40. The van der Waals surface area contributed by atoms with Crippen LogP contribution in [0.4, 0.5) is 5.69 Å². The van der Waals surface area contributed by atoms with E-state index in [-0.39, 0.29) is 12.6 Å². The average molecular weight is 285 g/mol. The number of hydrogen-bond acceptors (Lipinski definition) is 5. The van der Waals surface area contributed by atoms with Gasteiger partial charge in [-0.2, -0.15) is 0 Å². The van der Waals surface area contributed by atoms with Gasteiger partial charge in [-0.25, -0.2) is 4.79 Å². The molecule has 1 aromatic carbocycles. The molecule has 0 amide bonds. The molecule has 0 aliphatic rings. The number of carbonyl (C=O) groups is 1. The van der Waals surface area contributed by atoms with Crippen LogP contribution in [0.15, 0.2) is 48.8 Å². The number of pyridine rings is 1. The van der Waals surface area contributed by atoms with E-state index in [1.54, 1.807) is 18.5 Å². The lowest BCUT2D eigenvalue weighted by atomic mass is 10.1. The summed E-state index contributed by atoms with van der Waals surface area (Å²) in [4.78, 5) is 15.9. The molecule has 5 nitrogen and oxygen atoms in total. The summed E-state index contributed by atoms with van der Waals surface area (Å²) in [5, 5.41) is 3.27. The molecule has 0 saturated carbocycles. The molecule has 0 bridgehead atoms. The average Bonchev–Trinajstić information content (AvgIpc) is 2.54. The summed E-state index contributed by atoms with van der Waals surface area (Å²) in [5.41, 5.74) is 7.83. The molecule has 0 radical (unpaired) electrons. The highest BCUT2D eigenvalue weighted by Crippen LogP contribution is 2.16. The minimum absolute atomic E-state index is 0.226. The molecule has 0 aliphatic heterocycles. The molecule has 1 aromatic heterocycles. The molecule has 0 aliphatic carbocycles. The summed E-state index contributed by atoms with van der Waals surface area (Å²) >= 11 is 0. The summed E-state index contributed by atoms with van der Waals surface area (Å²) in [6, 6.07) is 11.3. The fourth-order valence-corrected chi connectivity index (χ4v) is 1.94. The van der Waals surface area contributed by atoms with Crippen molar-refractivity contribution in [2.75, 3.05) is 25.0 Å². The smallest absolute Gasteiger partial charge is 0.340 e. The van der Waals surface area contributed by atoms with E-state index in [0.29, 0.717) is 12.1 Å². The number of carbonyl (C=O) groups excluding carboxylic acids is 1. The predicted octanol–water partition coefficient (Wildman–Crippen LogP) is 1.85. The minimum atomic E-state index is -0.354. The van der Waals surface area contributed by atoms with Crippen LogP contribution < -0.4 is 11.1 Å². The first-order valence-electron chi connectivity index (χ1n) is 6.90. The summed E-state index contributed by atoms with van der Waals surface area (Å²) in [6.45, 7) is 1.28. The van der Waals surface area contributed by atoms with Crippen molar-refractivity contribution in [1.29, 1.82) is 0 Å². The number of ether oxygens (including phenoxy) is 1. The molecule has 0 saturated heterocycles. The fourth-order valence-electron chi connectivity index (χ4n) is 1.94. The fraction of sp³-hybridized carbons (Fsp3) is 0.250. The number of nitrogens with two attached hydrogens (primary N) is 1. The quantitative estimate of drug-likeness (QED) is 0.759. The van der Waals surface area contributed by atoms with Crippen molar-refractivity contribution in [3.8, 4) is 0 Å². The van der Waals surface area contributed by atoms with Crippen LogP contribution in [0.3, 0.4) is 0 Å². The number of aromatic nitrogens is 1. The molecule has 110 valence electrons. The second-order valence-electron chi connectivity index (χ2n) is 4.50. The molecular formula is C16H19N3O2. The van der Waals surface area contributed by atoms with Crippen LogP contribution in [0.2, 0.25) is 0 Å². The molecule has 21 heavy (non-hydrogen) atoms. The number of esters is 1. The predicted molar refractivity (Wildman–Crippen MR) is 82.2 cm³/mol. The third-order valence-corrected chi connectivity index (χ3v) is 2.98. The van der Waals surface area contributed by atoms with Crippen LogP contribution in [-0.2, 0) is 11.2 Å². The van der Waals surface area contributed by atoms with Gasteiger partial charge in [-0.1, -0.05) is 12.1 Å². The molecule has 2 rings (SSSR count). The Morgan fingerprint density at radius 3 is 2.71 bits per heavy atom. The van der Waals surface area contributed by atoms with Crippen LogP contribution >= 0.6 is 0 Å². The van der Waals surface area contributed by atoms with E-state index in [0.717, 1.165) is 18.7 Å². The van der Waals surface area contributed by atoms with E-state index < -0.39 is 0 Å². The van der Waals surface area contributed by atoms with Crippen molar-refractivity contribution < 1.29 is 9.53 Å². The summed E-state index contributed by atoms with van der Waals surface area (Å²) in [7, 11) is 0. The van der Waals surface area contributed by atoms with Gasteiger partial charge in [0.05, 0.1) is 5.56 Å². The van der Waals surface area contributed by atoms with Gasteiger partial charge in [0.1, 0.15) is 6.61 Å². The largest absolute Gasteiger partial charge is 0.461 e. The lowest BCUT2D eigenvalue weighted by Crippen LogP contribution is -2.16. The van der Waals surface area contributed by atoms with Crippen LogP contribution in [-0.4, -0.2) is 30.6 Å². The summed E-state index contributed by atoms with van der Waals surface area (Å²) in [5.74, 6) is -0.354. The molecule has 0 fully saturated rings. The summed E-state index contributed by atoms with van der Waals surface area (Å²) < 4.78 is 5.07. The highest BCUT2D eigenvalue weighted by molar-refractivity contribution is 5.95. The van der Waals surface area contributed by atoms with Crippen molar-refractivity contribution >= 4 is 11.7 Å². The Morgan fingerprint density at radius 1 is 1.19 bits per heavy atom. The third kappa shape index (κ3) is 4.57. The Balaban J connectivity index is 1.95. The number of nitrogens with one attached hydrogen (secondary N) is 1. The van der Waals surface area contributed by atoms with Crippen molar-refractivity contribution in [1.82, 2.24) is 4.98 Å². The Bertz CT molecular complexity index is 573. The van der Waals surface area contributed by atoms with Gasteiger partial charge in [0, 0.05) is 31.2 Å². The summed E-state index contributed by atoms with van der Waals surface area (Å²) in [6.07, 6.45) is 4.40.